The smallest absolute Gasteiger partial charge is 0.220 e. The lowest BCUT2D eigenvalue weighted by molar-refractivity contribution is -0.123. The molecule has 0 unspecified atom stereocenters. The number of unbranched alkanes of at least 4 members (excludes halogenated alkanes) is 19. The lowest BCUT2D eigenvalue weighted by Crippen LogP contribution is -2.45. The maximum Gasteiger partial charge on any atom is 0.220 e. The third-order valence-electron chi connectivity index (χ3n) is 8.48. The molecule has 5 N–H and O–H groups in total. The highest BCUT2D eigenvalue weighted by Gasteiger charge is 2.20. The summed E-state index contributed by atoms with van der Waals surface area (Å²) < 4.78 is 0. The normalized spacial score (nSPS) is 14.7. The van der Waals surface area contributed by atoms with E-state index in [1.807, 2.05) is 6.08 Å². The van der Waals surface area contributed by atoms with Crippen molar-refractivity contribution in [3.63, 3.8) is 0 Å². The first-order valence-electron chi connectivity index (χ1n) is 18.1. The summed E-state index contributed by atoms with van der Waals surface area (Å²) in [6.07, 6.45) is 29.9. The van der Waals surface area contributed by atoms with Gasteiger partial charge in [-0.15, -0.1) is 0 Å². The fourth-order valence-electron chi connectivity index (χ4n) is 5.50. The molecule has 42 heavy (non-hydrogen) atoms. The predicted octanol–water partition coefficient (Wildman–Crippen LogP) is 8.28. The Bertz CT molecular complexity index is 599. The highest BCUT2D eigenvalue weighted by atomic mass is 16.3. The first kappa shape index (κ1) is 41.0. The van der Waals surface area contributed by atoms with E-state index in [4.69, 9.17) is 0 Å². The zero-order chi connectivity index (χ0) is 31.1. The van der Waals surface area contributed by atoms with Crippen LogP contribution in [-0.2, 0) is 4.79 Å². The summed E-state index contributed by atoms with van der Waals surface area (Å²) in [5.41, 5.74) is 0. The Morgan fingerprint density at radius 2 is 1.02 bits per heavy atom. The van der Waals surface area contributed by atoms with Gasteiger partial charge in [0.1, 0.15) is 0 Å². The second-order valence-electron chi connectivity index (χ2n) is 12.6. The summed E-state index contributed by atoms with van der Waals surface area (Å²) in [6.45, 7) is 4.20. The molecular weight excluding hydrogens is 526 g/mol. The zero-order valence-corrected chi connectivity index (χ0v) is 27.8. The summed E-state index contributed by atoms with van der Waals surface area (Å²) >= 11 is 0. The van der Waals surface area contributed by atoms with Crippen molar-refractivity contribution in [2.24, 2.45) is 0 Å². The summed E-state index contributed by atoms with van der Waals surface area (Å²) in [7, 11) is 0. The second kappa shape index (κ2) is 31.5. The number of carbonyl (C=O) groups is 1. The fourth-order valence-corrected chi connectivity index (χ4v) is 5.50. The minimum absolute atomic E-state index is 0.111. The second-order valence-corrected chi connectivity index (χ2v) is 12.6. The van der Waals surface area contributed by atoms with Crippen molar-refractivity contribution in [3.8, 4) is 0 Å². The predicted molar refractivity (Wildman–Crippen MR) is 178 cm³/mol. The summed E-state index contributed by atoms with van der Waals surface area (Å²) in [4.78, 5) is 12.3. The molecule has 6 heteroatoms. The quantitative estimate of drug-likeness (QED) is 0.0396. The van der Waals surface area contributed by atoms with Crippen molar-refractivity contribution in [2.45, 2.75) is 205 Å². The molecule has 0 spiro atoms. The van der Waals surface area contributed by atoms with E-state index in [1.54, 1.807) is 0 Å². The molecule has 0 radical (unpaired) electrons. The Hall–Kier alpha value is -0.950. The van der Waals surface area contributed by atoms with Crippen LogP contribution in [0.3, 0.4) is 0 Å². The summed E-state index contributed by atoms with van der Waals surface area (Å²) in [5.74, 6) is -0.111. The standard InChI is InChI=1S/C36H71NO5/c1-3-5-7-9-11-12-13-14-15-16-17-20-23-27-33(39)32(31-38)37-36(42)30-26-22-18-21-25-29-35(41)34(40)28-24-19-10-8-6-4-2/h19,24,32-35,38-41H,3-18,20-23,25-31H2,1-2H3,(H,37,42)/b24-19-/t32-,33+,34-,35-/m0/s1. The Kier molecular flexibility index (Phi) is 30.8. The van der Waals surface area contributed by atoms with Gasteiger partial charge >= 0.3 is 0 Å². The number of hydrogen-bond acceptors (Lipinski definition) is 5. The molecule has 4 atom stereocenters. The van der Waals surface area contributed by atoms with E-state index in [-0.39, 0.29) is 12.5 Å². The molecule has 0 aliphatic rings. The number of carbonyl (C=O) groups excluding carboxylic acids is 1. The number of nitrogens with one attached hydrogen (secondary N) is 1. The molecule has 0 heterocycles. The van der Waals surface area contributed by atoms with Crippen LogP contribution in [0, 0.1) is 0 Å². The summed E-state index contributed by atoms with van der Waals surface area (Å²) in [6, 6.07) is -0.589. The van der Waals surface area contributed by atoms with Crippen LogP contribution in [0.1, 0.15) is 181 Å². The van der Waals surface area contributed by atoms with E-state index in [1.165, 1.54) is 89.9 Å². The van der Waals surface area contributed by atoms with Crippen LogP contribution in [-0.4, -0.2) is 57.3 Å². The average Bonchev–Trinajstić information content (AvgIpc) is 2.99. The van der Waals surface area contributed by atoms with Gasteiger partial charge < -0.3 is 25.7 Å². The van der Waals surface area contributed by atoms with Crippen molar-refractivity contribution < 1.29 is 25.2 Å². The maximum absolute atomic E-state index is 12.3. The van der Waals surface area contributed by atoms with E-state index >= 15 is 0 Å². The zero-order valence-electron chi connectivity index (χ0n) is 27.8. The monoisotopic (exact) mass is 598 g/mol. The third kappa shape index (κ3) is 26.7. The van der Waals surface area contributed by atoms with Gasteiger partial charge in [0.25, 0.3) is 0 Å². The van der Waals surface area contributed by atoms with Crippen molar-refractivity contribution in [2.75, 3.05) is 6.61 Å². The van der Waals surface area contributed by atoms with Crippen molar-refractivity contribution in [3.05, 3.63) is 12.2 Å². The van der Waals surface area contributed by atoms with Crippen molar-refractivity contribution in [1.29, 1.82) is 0 Å². The lowest BCUT2D eigenvalue weighted by atomic mass is 10.0. The lowest BCUT2D eigenvalue weighted by Gasteiger charge is -2.22. The molecule has 0 saturated heterocycles. The van der Waals surface area contributed by atoms with Gasteiger partial charge in [0.05, 0.1) is 31.0 Å². The Balaban J connectivity index is 3.72. The van der Waals surface area contributed by atoms with E-state index in [0.717, 1.165) is 51.4 Å². The van der Waals surface area contributed by atoms with Crippen molar-refractivity contribution in [1.82, 2.24) is 5.32 Å². The Labute approximate surface area is 260 Å². The van der Waals surface area contributed by atoms with Gasteiger partial charge in [-0.2, -0.15) is 0 Å². The number of amides is 1. The van der Waals surface area contributed by atoms with Crippen LogP contribution in [0.25, 0.3) is 0 Å². The van der Waals surface area contributed by atoms with Crippen LogP contribution >= 0.6 is 0 Å². The van der Waals surface area contributed by atoms with Gasteiger partial charge in [0, 0.05) is 6.42 Å². The minimum atomic E-state index is -0.704. The minimum Gasteiger partial charge on any atom is -0.394 e. The Morgan fingerprint density at radius 3 is 1.55 bits per heavy atom. The maximum atomic E-state index is 12.3. The molecule has 1 amide bonds. The van der Waals surface area contributed by atoms with Crippen LogP contribution in [0.5, 0.6) is 0 Å². The molecule has 0 aliphatic heterocycles. The number of rotatable bonds is 32. The molecule has 0 aromatic heterocycles. The first-order chi connectivity index (χ1) is 20.5. The molecule has 0 aromatic rings. The number of allylic oxidation sites excluding steroid dienone is 1. The van der Waals surface area contributed by atoms with E-state index < -0.39 is 24.4 Å². The number of hydrogen-bond donors (Lipinski definition) is 5. The van der Waals surface area contributed by atoms with Gasteiger partial charge in [-0.3, -0.25) is 4.79 Å². The number of aliphatic hydroxyl groups is 4. The van der Waals surface area contributed by atoms with Crippen LogP contribution < -0.4 is 5.32 Å². The highest BCUT2D eigenvalue weighted by molar-refractivity contribution is 5.76. The molecule has 0 rings (SSSR count). The SMILES string of the molecule is CCCCC/C=C\C[C@H](O)[C@@H](O)CCCCCCCC(=O)N[C@@H](CO)[C@H](O)CCCCCCCCCCCCCCC. The van der Waals surface area contributed by atoms with Gasteiger partial charge in [-0.05, 0) is 38.5 Å². The molecular formula is C36H71NO5. The van der Waals surface area contributed by atoms with Gasteiger partial charge in [-0.1, -0.05) is 148 Å². The van der Waals surface area contributed by atoms with Gasteiger partial charge in [-0.25, -0.2) is 0 Å². The average molecular weight is 598 g/mol. The molecule has 0 bridgehead atoms. The molecule has 6 nitrogen and oxygen atoms in total. The molecule has 0 aliphatic carbocycles. The van der Waals surface area contributed by atoms with Gasteiger partial charge in [0.15, 0.2) is 0 Å². The first-order valence-corrected chi connectivity index (χ1v) is 18.1. The van der Waals surface area contributed by atoms with E-state index in [2.05, 4.69) is 25.2 Å². The van der Waals surface area contributed by atoms with Crippen LogP contribution in [0.15, 0.2) is 12.2 Å². The van der Waals surface area contributed by atoms with E-state index in [0.29, 0.717) is 25.7 Å². The molecule has 250 valence electrons. The summed E-state index contributed by atoms with van der Waals surface area (Å²) in [5, 5.41) is 43.2. The van der Waals surface area contributed by atoms with Gasteiger partial charge in [0.2, 0.25) is 5.91 Å². The number of aliphatic hydroxyl groups excluding tert-OH is 4. The third-order valence-corrected chi connectivity index (χ3v) is 8.48. The highest BCUT2D eigenvalue weighted by Crippen LogP contribution is 2.15. The fraction of sp³-hybridized carbons (Fsp3) is 0.917. The van der Waals surface area contributed by atoms with Crippen LogP contribution in [0.2, 0.25) is 0 Å². The van der Waals surface area contributed by atoms with Crippen molar-refractivity contribution >= 4 is 5.91 Å². The van der Waals surface area contributed by atoms with E-state index in [9.17, 15) is 25.2 Å². The largest absolute Gasteiger partial charge is 0.394 e. The molecule has 0 fully saturated rings. The molecule has 0 saturated carbocycles. The Morgan fingerprint density at radius 1 is 0.571 bits per heavy atom. The van der Waals surface area contributed by atoms with Crippen LogP contribution in [0.4, 0.5) is 0 Å². The molecule has 0 aromatic carbocycles. The topological polar surface area (TPSA) is 110 Å².